The summed E-state index contributed by atoms with van der Waals surface area (Å²) in [4.78, 5) is 12.1. The third-order valence-corrected chi connectivity index (χ3v) is 3.89. The Hall–Kier alpha value is -1.07. The highest BCUT2D eigenvalue weighted by molar-refractivity contribution is 8.02. The van der Waals surface area contributed by atoms with Crippen molar-refractivity contribution < 1.29 is 9.90 Å². The monoisotopic (exact) mass is 238 g/mol. The van der Waals surface area contributed by atoms with Gasteiger partial charge in [-0.25, -0.2) is 0 Å². The summed E-state index contributed by atoms with van der Waals surface area (Å²) in [5.41, 5.74) is 0.946. The van der Waals surface area contributed by atoms with Crippen LogP contribution in [-0.4, -0.2) is 16.2 Å². The van der Waals surface area contributed by atoms with Crippen LogP contribution in [0.1, 0.15) is 6.42 Å². The Balaban J connectivity index is 2.22. The zero-order valence-corrected chi connectivity index (χ0v) is 9.36. The van der Waals surface area contributed by atoms with Crippen LogP contribution >= 0.6 is 24.0 Å². The number of carboxylic acid groups (broad SMARTS) is 1. The Morgan fingerprint density at radius 2 is 2.27 bits per heavy atom. The number of carbonyl (C=O) groups is 1. The summed E-state index contributed by atoms with van der Waals surface area (Å²) in [6, 6.07) is 7.69. The average molecular weight is 238 g/mol. The van der Waals surface area contributed by atoms with Crippen molar-refractivity contribution in [1.82, 2.24) is 0 Å². The van der Waals surface area contributed by atoms with E-state index in [0.717, 1.165) is 10.6 Å². The molecule has 0 spiro atoms. The number of fused-ring (bicyclic) bond motifs is 1. The Bertz CT molecular complexity index is 420. The standard InChI is InChI=1S/C10H9NO2S2/c12-9(13)5-8-10(14)11-6-3-1-2-4-7(6)15-8/h1-4,8H,5H2,(H,11,14)(H,12,13)/p-1/t8-/m0/s1. The smallest absolute Gasteiger partial charge is 0.0937 e. The summed E-state index contributed by atoms with van der Waals surface area (Å²) < 4.78 is 0. The first-order valence-electron chi connectivity index (χ1n) is 4.43. The largest absolute Gasteiger partial charge is 0.550 e. The number of anilines is 1. The summed E-state index contributed by atoms with van der Waals surface area (Å²) >= 11 is 6.57. The van der Waals surface area contributed by atoms with Crippen molar-refractivity contribution in [3.63, 3.8) is 0 Å². The number of aliphatic carboxylic acids is 1. The van der Waals surface area contributed by atoms with Gasteiger partial charge in [-0.3, -0.25) is 0 Å². The minimum Gasteiger partial charge on any atom is -0.550 e. The summed E-state index contributed by atoms with van der Waals surface area (Å²) in [6.45, 7) is 0. The molecule has 3 nitrogen and oxygen atoms in total. The Morgan fingerprint density at radius 3 is 3.00 bits per heavy atom. The molecule has 2 rings (SSSR count). The summed E-state index contributed by atoms with van der Waals surface area (Å²) in [5, 5.41) is 13.3. The number of carbonyl (C=O) groups excluding carboxylic acids is 1. The summed E-state index contributed by atoms with van der Waals surface area (Å²) in [6.07, 6.45) is -0.0508. The molecule has 0 aliphatic carbocycles. The highest BCUT2D eigenvalue weighted by atomic mass is 32.2. The van der Waals surface area contributed by atoms with Crippen molar-refractivity contribution in [3.8, 4) is 0 Å². The fourth-order valence-electron chi connectivity index (χ4n) is 1.38. The second-order valence-corrected chi connectivity index (χ2v) is 4.85. The van der Waals surface area contributed by atoms with Crippen LogP contribution in [0, 0.1) is 0 Å². The number of nitrogens with one attached hydrogen (secondary N) is 1. The second-order valence-electron chi connectivity index (χ2n) is 3.17. The van der Waals surface area contributed by atoms with Gasteiger partial charge in [0.2, 0.25) is 0 Å². The molecule has 0 aromatic heterocycles. The summed E-state index contributed by atoms with van der Waals surface area (Å²) in [5.74, 6) is -1.07. The Morgan fingerprint density at radius 1 is 1.53 bits per heavy atom. The molecule has 0 fully saturated rings. The van der Waals surface area contributed by atoms with Gasteiger partial charge in [0.25, 0.3) is 0 Å². The van der Waals surface area contributed by atoms with E-state index in [9.17, 15) is 9.90 Å². The maximum absolute atomic E-state index is 10.5. The van der Waals surface area contributed by atoms with Gasteiger partial charge in [-0.05, 0) is 12.1 Å². The van der Waals surface area contributed by atoms with Crippen molar-refractivity contribution in [3.05, 3.63) is 24.3 Å². The normalized spacial score (nSPS) is 19.2. The van der Waals surface area contributed by atoms with Crippen molar-refractivity contribution >= 4 is 40.6 Å². The molecular weight excluding hydrogens is 230 g/mol. The summed E-state index contributed by atoms with van der Waals surface area (Å²) in [7, 11) is 0. The number of rotatable bonds is 2. The van der Waals surface area contributed by atoms with Crippen LogP contribution in [0.3, 0.4) is 0 Å². The SMILES string of the molecule is O=C([O-])C[C@@H]1Sc2ccccc2NC1=S. The van der Waals surface area contributed by atoms with E-state index in [0.29, 0.717) is 4.99 Å². The maximum Gasteiger partial charge on any atom is 0.0937 e. The molecule has 0 unspecified atom stereocenters. The first kappa shape index (κ1) is 10.4. The van der Waals surface area contributed by atoms with Crippen LogP contribution in [0.2, 0.25) is 0 Å². The molecule has 0 bridgehead atoms. The molecule has 1 aromatic carbocycles. The predicted octanol–water partition coefficient (Wildman–Crippen LogP) is 1.04. The van der Waals surface area contributed by atoms with E-state index in [1.807, 2.05) is 24.3 Å². The lowest BCUT2D eigenvalue weighted by atomic mass is 10.2. The molecule has 1 heterocycles. The average Bonchev–Trinajstić information content (AvgIpc) is 2.18. The van der Waals surface area contributed by atoms with E-state index in [1.165, 1.54) is 11.8 Å². The molecule has 78 valence electrons. The highest BCUT2D eigenvalue weighted by Crippen LogP contribution is 2.36. The van der Waals surface area contributed by atoms with Crippen molar-refractivity contribution in [2.75, 3.05) is 5.32 Å². The fraction of sp³-hybridized carbons (Fsp3) is 0.200. The van der Waals surface area contributed by atoms with Crippen molar-refractivity contribution in [1.29, 1.82) is 0 Å². The van der Waals surface area contributed by atoms with Gasteiger partial charge in [-0.1, -0.05) is 24.4 Å². The van der Waals surface area contributed by atoms with E-state index >= 15 is 0 Å². The lowest BCUT2D eigenvalue weighted by molar-refractivity contribution is -0.305. The van der Waals surface area contributed by atoms with Gasteiger partial charge in [0.05, 0.1) is 15.9 Å². The molecule has 1 aromatic rings. The zero-order chi connectivity index (χ0) is 10.8. The molecule has 0 saturated carbocycles. The first-order chi connectivity index (χ1) is 7.16. The van der Waals surface area contributed by atoms with E-state index in [-0.39, 0.29) is 11.7 Å². The number of benzene rings is 1. The lowest BCUT2D eigenvalue weighted by Gasteiger charge is -2.26. The van der Waals surface area contributed by atoms with Gasteiger partial charge < -0.3 is 15.2 Å². The van der Waals surface area contributed by atoms with Crippen LogP contribution in [0.5, 0.6) is 0 Å². The van der Waals surface area contributed by atoms with E-state index in [2.05, 4.69) is 5.32 Å². The van der Waals surface area contributed by atoms with E-state index in [1.54, 1.807) is 0 Å². The third kappa shape index (κ3) is 2.30. The van der Waals surface area contributed by atoms with E-state index < -0.39 is 5.97 Å². The number of thioether (sulfide) groups is 1. The van der Waals surface area contributed by atoms with Crippen LogP contribution in [0.25, 0.3) is 0 Å². The zero-order valence-electron chi connectivity index (χ0n) is 7.73. The quantitative estimate of drug-likeness (QED) is 0.780. The molecule has 0 saturated heterocycles. The molecular formula is C10H8NO2S2-. The molecule has 5 heteroatoms. The van der Waals surface area contributed by atoms with E-state index in [4.69, 9.17) is 12.2 Å². The van der Waals surface area contributed by atoms with Gasteiger partial charge in [0.15, 0.2) is 0 Å². The van der Waals surface area contributed by atoms with Crippen molar-refractivity contribution in [2.45, 2.75) is 16.6 Å². The molecule has 1 aliphatic heterocycles. The van der Waals surface area contributed by atoms with Crippen LogP contribution < -0.4 is 10.4 Å². The van der Waals surface area contributed by atoms with Gasteiger partial charge in [-0.2, -0.15) is 0 Å². The molecule has 0 radical (unpaired) electrons. The highest BCUT2D eigenvalue weighted by Gasteiger charge is 2.23. The first-order valence-corrected chi connectivity index (χ1v) is 5.72. The fourth-order valence-corrected chi connectivity index (χ4v) is 2.81. The van der Waals surface area contributed by atoms with Gasteiger partial charge in [0.1, 0.15) is 0 Å². The van der Waals surface area contributed by atoms with Crippen LogP contribution in [0.4, 0.5) is 5.69 Å². The number of hydrogen-bond acceptors (Lipinski definition) is 4. The predicted molar refractivity (Wildman–Crippen MR) is 61.9 cm³/mol. The topological polar surface area (TPSA) is 52.2 Å². The molecule has 1 atom stereocenters. The third-order valence-electron chi connectivity index (χ3n) is 2.06. The van der Waals surface area contributed by atoms with Crippen LogP contribution in [0.15, 0.2) is 29.2 Å². The van der Waals surface area contributed by atoms with Crippen LogP contribution in [-0.2, 0) is 4.79 Å². The number of para-hydroxylation sites is 1. The second kappa shape index (κ2) is 4.20. The Labute approximate surface area is 96.9 Å². The van der Waals surface area contributed by atoms with Gasteiger partial charge >= 0.3 is 0 Å². The number of hydrogen-bond donors (Lipinski definition) is 1. The molecule has 0 amide bonds. The van der Waals surface area contributed by atoms with Gasteiger partial charge in [-0.15, -0.1) is 11.8 Å². The maximum atomic E-state index is 10.5. The number of thiocarbonyl (C=S) groups is 1. The van der Waals surface area contributed by atoms with Gasteiger partial charge in [0, 0.05) is 17.3 Å². The molecule has 1 aliphatic rings. The van der Waals surface area contributed by atoms with Crippen molar-refractivity contribution in [2.24, 2.45) is 0 Å². The Kier molecular flexibility index (Phi) is 2.93. The minimum absolute atomic E-state index is 0.0508. The minimum atomic E-state index is -1.07. The molecule has 1 N–H and O–H groups in total. The molecule has 15 heavy (non-hydrogen) atoms. The lowest BCUT2D eigenvalue weighted by Crippen LogP contribution is -2.34. The number of carboxylic acids is 1.